The van der Waals surface area contributed by atoms with Crippen LogP contribution in [-0.2, 0) is 14.3 Å². The number of nitrogens with one attached hydrogen (secondary N) is 1. The molecule has 3 unspecified atom stereocenters. The molecular weight excluding hydrogens is 695 g/mol. The SMILES string of the molecule is CCCCCCCC/C=C\CCCCCC(=O)OC(CCCCCCCCCC)CC(=O)NC(CO)C(O)CCCCCCCCCCCCCCCCCC. The van der Waals surface area contributed by atoms with E-state index in [1.807, 2.05) is 0 Å². The van der Waals surface area contributed by atoms with E-state index in [0.29, 0.717) is 19.3 Å². The van der Waals surface area contributed by atoms with Crippen LogP contribution < -0.4 is 5.32 Å². The summed E-state index contributed by atoms with van der Waals surface area (Å²) in [6, 6.07) is -0.696. The number of ether oxygens (including phenoxy) is 1. The molecule has 0 aromatic rings. The largest absolute Gasteiger partial charge is 0.462 e. The highest BCUT2D eigenvalue weighted by Crippen LogP contribution is 2.18. The van der Waals surface area contributed by atoms with Crippen LogP contribution in [0.2, 0.25) is 0 Å². The molecule has 0 aliphatic rings. The second-order valence-corrected chi connectivity index (χ2v) is 17.2. The van der Waals surface area contributed by atoms with E-state index in [1.54, 1.807) is 0 Å². The van der Waals surface area contributed by atoms with Crippen LogP contribution in [0.5, 0.6) is 0 Å². The Morgan fingerprint density at radius 3 is 1.27 bits per heavy atom. The Balaban J connectivity index is 4.40. The first-order valence-corrected chi connectivity index (χ1v) is 24.9. The van der Waals surface area contributed by atoms with Crippen molar-refractivity contribution in [2.75, 3.05) is 6.61 Å². The van der Waals surface area contributed by atoms with Crippen LogP contribution >= 0.6 is 0 Å². The van der Waals surface area contributed by atoms with Crippen molar-refractivity contribution in [2.45, 2.75) is 289 Å². The van der Waals surface area contributed by atoms with Crippen LogP contribution in [0, 0.1) is 0 Å². The van der Waals surface area contributed by atoms with Crippen LogP contribution in [0.1, 0.15) is 271 Å². The van der Waals surface area contributed by atoms with E-state index in [-0.39, 0.29) is 24.9 Å². The van der Waals surface area contributed by atoms with E-state index < -0.39 is 18.2 Å². The molecule has 0 aliphatic carbocycles. The molecule has 0 aromatic carbocycles. The molecule has 3 N–H and O–H groups in total. The molecule has 3 atom stereocenters. The number of esters is 1. The van der Waals surface area contributed by atoms with Crippen LogP contribution in [0.25, 0.3) is 0 Å². The van der Waals surface area contributed by atoms with E-state index in [1.165, 1.54) is 173 Å². The Hall–Kier alpha value is -1.40. The maximum absolute atomic E-state index is 13.1. The fraction of sp³-hybridized carbons (Fsp3) is 0.920. The van der Waals surface area contributed by atoms with Gasteiger partial charge in [0.25, 0.3) is 0 Å². The normalized spacial score (nSPS) is 13.3. The van der Waals surface area contributed by atoms with E-state index in [0.717, 1.165) is 51.4 Å². The molecule has 0 heterocycles. The Bertz CT molecular complexity index is 847. The van der Waals surface area contributed by atoms with Crippen LogP contribution in [0.3, 0.4) is 0 Å². The van der Waals surface area contributed by atoms with Gasteiger partial charge in [-0.3, -0.25) is 9.59 Å². The summed E-state index contributed by atoms with van der Waals surface area (Å²) in [5, 5.41) is 23.7. The minimum atomic E-state index is -0.783. The molecule has 332 valence electrons. The maximum atomic E-state index is 13.1. The average molecular weight is 792 g/mol. The van der Waals surface area contributed by atoms with Crippen LogP contribution in [0.4, 0.5) is 0 Å². The lowest BCUT2D eigenvalue weighted by molar-refractivity contribution is -0.151. The van der Waals surface area contributed by atoms with Crippen molar-refractivity contribution in [3.05, 3.63) is 12.2 Å². The summed E-state index contributed by atoms with van der Waals surface area (Å²) < 4.78 is 5.89. The van der Waals surface area contributed by atoms with Crippen molar-refractivity contribution in [1.29, 1.82) is 0 Å². The van der Waals surface area contributed by atoms with Crippen molar-refractivity contribution < 1.29 is 24.5 Å². The standard InChI is InChI=1S/C50H97NO5/c1-4-7-10-13-16-19-21-23-24-25-27-28-30-33-36-39-42-48(53)47(45-52)51-49(54)44-46(41-38-35-32-18-15-12-9-6-3)56-50(55)43-40-37-34-31-29-26-22-20-17-14-11-8-5-2/h26,29,46-48,52-53H,4-25,27-28,30-45H2,1-3H3,(H,51,54)/b29-26-. The Morgan fingerprint density at radius 2 is 0.857 bits per heavy atom. The number of hydrogen-bond acceptors (Lipinski definition) is 5. The Labute approximate surface area is 349 Å². The van der Waals surface area contributed by atoms with E-state index >= 15 is 0 Å². The smallest absolute Gasteiger partial charge is 0.306 e. The van der Waals surface area contributed by atoms with E-state index in [4.69, 9.17) is 4.74 Å². The fourth-order valence-electron chi connectivity index (χ4n) is 7.78. The van der Waals surface area contributed by atoms with Gasteiger partial charge in [0.2, 0.25) is 5.91 Å². The van der Waals surface area contributed by atoms with Crippen molar-refractivity contribution in [2.24, 2.45) is 0 Å². The van der Waals surface area contributed by atoms with Crippen molar-refractivity contribution in [3.63, 3.8) is 0 Å². The van der Waals surface area contributed by atoms with Gasteiger partial charge in [0.1, 0.15) is 6.10 Å². The highest BCUT2D eigenvalue weighted by Gasteiger charge is 2.24. The number of aliphatic hydroxyl groups is 2. The third-order valence-corrected chi connectivity index (χ3v) is 11.6. The molecule has 0 spiro atoms. The highest BCUT2D eigenvalue weighted by molar-refractivity contribution is 5.77. The molecular formula is C50H97NO5. The molecule has 0 fully saturated rings. The van der Waals surface area contributed by atoms with Crippen molar-refractivity contribution >= 4 is 11.9 Å². The van der Waals surface area contributed by atoms with Gasteiger partial charge in [0.15, 0.2) is 0 Å². The molecule has 0 radical (unpaired) electrons. The van der Waals surface area contributed by atoms with Gasteiger partial charge in [-0.1, -0.05) is 219 Å². The summed E-state index contributed by atoms with van der Waals surface area (Å²) in [6.07, 6.45) is 48.5. The summed E-state index contributed by atoms with van der Waals surface area (Å²) in [4.78, 5) is 26.0. The van der Waals surface area contributed by atoms with Gasteiger partial charge in [-0.25, -0.2) is 0 Å². The topological polar surface area (TPSA) is 95.9 Å². The second kappa shape index (κ2) is 44.7. The third-order valence-electron chi connectivity index (χ3n) is 11.6. The monoisotopic (exact) mass is 792 g/mol. The van der Waals surface area contributed by atoms with Crippen LogP contribution in [-0.4, -0.2) is 46.9 Å². The lowest BCUT2D eigenvalue weighted by Crippen LogP contribution is -2.46. The highest BCUT2D eigenvalue weighted by atomic mass is 16.5. The zero-order valence-corrected chi connectivity index (χ0v) is 37.8. The molecule has 0 saturated heterocycles. The fourth-order valence-corrected chi connectivity index (χ4v) is 7.78. The number of rotatable bonds is 45. The number of aliphatic hydroxyl groups excluding tert-OH is 2. The summed E-state index contributed by atoms with van der Waals surface area (Å²) in [7, 11) is 0. The van der Waals surface area contributed by atoms with Gasteiger partial charge < -0.3 is 20.3 Å². The number of carbonyl (C=O) groups is 2. The third kappa shape index (κ3) is 39.4. The van der Waals surface area contributed by atoms with Gasteiger partial charge in [-0.15, -0.1) is 0 Å². The van der Waals surface area contributed by atoms with Gasteiger partial charge in [0, 0.05) is 6.42 Å². The first-order chi connectivity index (χ1) is 27.5. The van der Waals surface area contributed by atoms with Gasteiger partial charge >= 0.3 is 5.97 Å². The molecule has 0 rings (SSSR count). The summed E-state index contributed by atoms with van der Waals surface area (Å²) in [5.41, 5.74) is 0. The molecule has 0 aromatic heterocycles. The number of allylic oxidation sites excluding steroid dienone is 2. The molecule has 1 amide bonds. The van der Waals surface area contributed by atoms with Crippen molar-refractivity contribution in [1.82, 2.24) is 5.32 Å². The molecule has 6 nitrogen and oxygen atoms in total. The molecule has 56 heavy (non-hydrogen) atoms. The van der Waals surface area contributed by atoms with Gasteiger partial charge in [-0.05, 0) is 51.4 Å². The minimum Gasteiger partial charge on any atom is -0.462 e. The molecule has 0 bridgehead atoms. The Morgan fingerprint density at radius 1 is 0.500 bits per heavy atom. The zero-order valence-electron chi connectivity index (χ0n) is 37.8. The van der Waals surface area contributed by atoms with Crippen LogP contribution in [0.15, 0.2) is 12.2 Å². The first kappa shape index (κ1) is 54.6. The van der Waals surface area contributed by atoms with Crippen molar-refractivity contribution in [3.8, 4) is 0 Å². The molecule has 0 aliphatic heterocycles. The quantitative estimate of drug-likeness (QED) is 0.0324. The minimum absolute atomic E-state index is 0.0773. The van der Waals surface area contributed by atoms with E-state index in [9.17, 15) is 19.8 Å². The Kier molecular flexibility index (Phi) is 43.6. The zero-order chi connectivity index (χ0) is 41.0. The number of amides is 1. The number of unbranched alkanes of at least 4 members (excludes halogenated alkanes) is 31. The molecule has 0 saturated carbocycles. The number of carbonyl (C=O) groups excluding carboxylic acids is 2. The maximum Gasteiger partial charge on any atom is 0.306 e. The average Bonchev–Trinajstić information content (AvgIpc) is 3.19. The number of hydrogen-bond donors (Lipinski definition) is 3. The van der Waals surface area contributed by atoms with E-state index in [2.05, 4.69) is 38.2 Å². The lowest BCUT2D eigenvalue weighted by atomic mass is 10.0. The predicted octanol–water partition coefficient (Wildman–Crippen LogP) is 14.6. The summed E-state index contributed by atoms with van der Waals surface area (Å²) in [5.74, 6) is -0.483. The lowest BCUT2D eigenvalue weighted by Gasteiger charge is -2.24. The summed E-state index contributed by atoms with van der Waals surface area (Å²) >= 11 is 0. The summed E-state index contributed by atoms with van der Waals surface area (Å²) in [6.45, 7) is 6.47. The molecule has 6 heteroatoms. The first-order valence-electron chi connectivity index (χ1n) is 24.9. The van der Waals surface area contributed by atoms with Gasteiger partial charge in [0.05, 0.1) is 25.2 Å². The second-order valence-electron chi connectivity index (χ2n) is 17.2. The predicted molar refractivity (Wildman–Crippen MR) is 241 cm³/mol. The van der Waals surface area contributed by atoms with Gasteiger partial charge in [-0.2, -0.15) is 0 Å².